The molecule has 0 saturated carbocycles. The van der Waals surface area contributed by atoms with Crippen LogP contribution >= 0.6 is 0 Å². The van der Waals surface area contributed by atoms with E-state index in [2.05, 4.69) is 4.74 Å². The molecule has 1 saturated heterocycles. The fourth-order valence-electron chi connectivity index (χ4n) is 2.18. The number of aliphatic carboxylic acids is 1. The number of Topliss-reactive ketones (excluding diaryl/α,β-unsaturated/α-hetero) is 1. The van der Waals surface area contributed by atoms with E-state index < -0.39 is 73.3 Å². The van der Waals surface area contributed by atoms with Gasteiger partial charge in [0.15, 0.2) is 11.9 Å². The van der Waals surface area contributed by atoms with E-state index in [1.54, 1.807) is 0 Å². The number of carbonyl (C=O) groups is 2. The SMILES string of the molecule is O=C(C1O[C@H](C(=O)O)[C@@H](O)[C@H](O)[C@H]1O)[C@@H](O)[C@@H](O)[C@H](O)[C@H](O)CO. The average molecular weight is 356 g/mol. The summed E-state index contributed by atoms with van der Waals surface area (Å²) < 4.78 is 4.67. The molecule has 1 aliphatic heterocycles. The van der Waals surface area contributed by atoms with Gasteiger partial charge in [-0.05, 0) is 0 Å². The van der Waals surface area contributed by atoms with Crippen LogP contribution in [0.2, 0.25) is 0 Å². The van der Waals surface area contributed by atoms with Crippen molar-refractivity contribution in [3.05, 3.63) is 0 Å². The van der Waals surface area contributed by atoms with Gasteiger partial charge in [0.25, 0.3) is 0 Å². The summed E-state index contributed by atoms with van der Waals surface area (Å²) in [5, 5.41) is 84.2. The van der Waals surface area contributed by atoms with Crippen molar-refractivity contribution in [2.45, 2.75) is 54.9 Å². The van der Waals surface area contributed by atoms with Crippen LogP contribution in [-0.4, -0.2) is 119 Å². The van der Waals surface area contributed by atoms with E-state index in [0.717, 1.165) is 0 Å². The summed E-state index contributed by atoms with van der Waals surface area (Å²) in [6.07, 6.45) is -19.3. The number of carbonyl (C=O) groups excluding carboxylic acids is 1. The molecule has 0 radical (unpaired) electrons. The van der Waals surface area contributed by atoms with Gasteiger partial charge in [-0.1, -0.05) is 0 Å². The van der Waals surface area contributed by atoms with E-state index in [4.69, 9.17) is 15.3 Å². The first-order valence-electron chi connectivity index (χ1n) is 6.83. The molecule has 9 atom stereocenters. The first-order valence-corrected chi connectivity index (χ1v) is 6.83. The predicted octanol–water partition coefficient (Wildman–Crippen LogP) is -6.07. The maximum Gasteiger partial charge on any atom is 0.335 e. The Balaban J connectivity index is 2.93. The molecule has 140 valence electrons. The molecule has 1 rings (SSSR count). The summed E-state index contributed by atoms with van der Waals surface area (Å²) in [7, 11) is 0. The fourth-order valence-corrected chi connectivity index (χ4v) is 2.18. The minimum Gasteiger partial charge on any atom is -0.479 e. The van der Waals surface area contributed by atoms with Gasteiger partial charge in [-0.15, -0.1) is 0 Å². The van der Waals surface area contributed by atoms with Crippen LogP contribution in [0.5, 0.6) is 0 Å². The summed E-state index contributed by atoms with van der Waals surface area (Å²) in [4.78, 5) is 23.0. The number of ketones is 1. The minimum atomic E-state index is -2.45. The number of hydrogen-bond donors (Lipinski definition) is 9. The largest absolute Gasteiger partial charge is 0.479 e. The number of rotatable bonds is 7. The maximum atomic E-state index is 12.0. The number of carboxylic acid groups (broad SMARTS) is 1. The first-order chi connectivity index (χ1) is 11.0. The Hall–Kier alpha value is -1.22. The van der Waals surface area contributed by atoms with Gasteiger partial charge in [0.1, 0.15) is 48.8 Å². The monoisotopic (exact) mass is 356 g/mol. The Morgan fingerprint density at radius 3 is 1.83 bits per heavy atom. The van der Waals surface area contributed by atoms with Gasteiger partial charge in [0.05, 0.1) is 6.61 Å². The Kier molecular flexibility index (Phi) is 7.15. The van der Waals surface area contributed by atoms with Gasteiger partial charge in [0, 0.05) is 0 Å². The van der Waals surface area contributed by atoms with Crippen LogP contribution in [-0.2, 0) is 14.3 Å². The highest BCUT2D eigenvalue weighted by molar-refractivity contribution is 5.89. The molecule has 0 aromatic heterocycles. The number of aliphatic hydroxyl groups excluding tert-OH is 8. The molecule has 0 amide bonds. The van der Waals surface area contributed by atoms with Crippen LogP contribution in [0.25, 0.3) is 0 Å². The molecule has 1 unspecified atom stereocenters. The van der Waals surface area contributed by atoms with E-state index in [1.807, 2.05) is 0 Å². The smallest absolute Gasteiger partial charge is 0.335 e. The third-order valence-electron chi connectivity index (χ3n) is 3.68. The Morgan fingerprint density at radius 1 is 0.875 bits per heavy atom. The quantitative estimate of drug-likeness (QED) is 0.208. The van der Waals surface area contributed by atoms with Crippen LogP contribution < -0.4 is 0 Å². The van der Waals surface area contributed by atoms with Gasteiger partial charge in [0.2, 0.25) is 0 Å². The molecule has 0 aromatic rings. The lowest BCUT2D eigenvalue weighted by Crippen LogP contribution is -2.64. The fraction of sp³-hybridized carbons (Fsp3) is 0.833. The molecule has 0 aliphatic carbocycles. The minimum absolute atomic E-state index is 0.992. The van der Waals surface area contributed by atoms with Crippen molar-refractivity contribution < 1.29 is 60.3 Å². The van der Waals surface area contributed by atoms with Gasteiger partial charge in [-0.25, -0.2) is 4.79 Å². The highest BCUT2D eigenvalue weighted by Crippen LogP contribution is 2.24. The second kappa shape index (κ2) is 8.24. The molecule has 0 bridgehead atoms. The van der Waals surface area contributed by atoms with Crippen LogP contribution in [0, 0.1) is 0 Å². The highest BCUT2D eigenvalue weighted by atomic mass is 16.6. The zero-order valence-corrected chi connectivity index (χ0v) is 12.2. The third kappa shape index (κ3) is 4.05. The summed E-state index contributed by atoms with van der Waals surface area (Å²) >= 11 is 0. The highest BCUT2D eigenvalue weighted by Gasteiger charge is 2.51. The Morgan fingerprint density at radius 2 is 1.38 bits per heavy atom. The summed E-state index contributed by atoms with van der Waals surface area (Å²) in [6.45, 7) is -0.992. The standard InChI is InChI=1S/C12H20O12/c13-1-2(14)3(15)4(16)5(17)7(19)10-8(20)6(18)9(21)11(24-10)12(22)23/h2-6,8-11,13-18,20-21H,1H2,(H,22,23)/t2-,3-,4+,5+,6-,8-,9+,10?,11+/m1/s1. The van der Waals surface area contributed by atoms with Crippen molar-refractivity contribution in [2.24, 2.45) is 0 Å². The molecule has 1 heterocycles. The third-order valence-corrected chi connectivity index (χ3v) is 3.68. The van der Waals surface area contributed by atoms with Crippen molar-refractivity contribution in [1.82, 2.24) is 0 Å². The van der Waals surface area contributed by atoms with Crippen molar-refractivity contribution in [3.63, 3.8) is 0 Å². The molecular weight excluding hydrogens is 336 g/mol. The zero-order chi connectivity index (χ0) is 18.8. The van der Waals surface area contributed by atoms with Crippen LogP contribution in [0.1, 0.15) is 0 Å². The molecule has 1 fully saturated rings. The number of ether oxygens (including phenoxy) is 1. The Labute approximate surface area is 134 Å². The van der Waals surface area contributed by atoms with E-state index in [0.29, 0.717) is 0 Å². The lowest BCUT2D eigenvalue weighted by molar-refractivity contribution is -0.229. The summed E-state index contributed by atoms with van der Waals surface area (Å²) in [6, 6.07) is 0. The van der Waals surface area contributed by atoms with Crippen molar-refractivity contribution >= 4 is 11.8 Å². The Bertz CT molecular complexity index is 455. The van der Waals surface area contributed by atoms with Crippen molar-refractivity contribution in [2.75, 3.05) is 6.61 Å². The van der Waals surface area contributed by atoms with Crippen LogP contribution in [0.15, 0.2) is 0 Å². The normalized spacial score (nSPS) is 35.8. The second-order valence-electron chi connectivity index (χ2n) is 5.37. The van der Waals surface area contributed by atoms with Gasteiger partial charge >= 0.3 is 5.97 Å². The molecule has 1 aliphatic rings. The lowest BCUT2D eigenvalue weighted by Gasteiger charge is -2.39. The first kappa shape index (κ1) is 20.8. The van der Waals surface area contributed by atoms with Crippen LogP contribution in [0.3, 0.4) is 0 Å². The molecule has 24 heavy (non-hydrogen) atoms. The molecule has 0 aromatic carbocycles. The van der Waals surface area contributed by atoms with Crippen molar-refractivity contribution in [1.29, 1.82) is 0 Å². The summed E-state index contributed by atoms with van der Waals surface area (Å²) in [5.41, 5.74) is 0. The number of aliphatic hydroxyl groups is 8. The summed E-state index contributed by atoms with van der Waals surface area (Å²) in [5.74, 6) is -3.26. The van der Waals surface area contributed by atoms with Gasteiger partial charge in [-0.3, -0.25) is 4.79 Å². The average Bonchev–Trinajstić information content (AvgIpc) is 2.56. The van der Waals surface area contributed by atoms with E-state index >= 15 is 0 Å². The lowest BCUT2D eigenvalue weighted by atomic mass is 9.89. The topological polar surface area (TPSA) is 225 Å². The molecular formula is C12H20O12. The number of carboxylic acids is 1. The predicted molar refractivity (Wildman–Crippen MR) is 70.4 cm³/mol. The molecule has 12 nitrogen and oxygen atoms in total. The van der Waals surface area contributed by atoms with Crippen molar-refractivity contribution in [3.8, 4) is 0 Å². The van der Waals surface area contributed by atoms with E-state index in [9.17, 15) is 40.2 Å². The van der Waals surface area contributed by atoms with Crippen LogP contribution in [0.4, 0.5) is 0 Å². The van der Waals surface area contributed by atoms with Gasteiger partial charge < -0.3 is 50.7 Å². The zero-order valence-electron chi connectivity index (χ0n) is 12.2. The molecule has 0 spiro atoms. The maximum absolute atomic E-state index is 12.0. The second-order valence-corrected chi connectivity index (χ2v) is 5.37. The number of hydrogen-bond acceptors (Lipinski definition) is 11. The molecule has 9 N–H and O–H groups in total. The molecule has 12 heteroatoms. The van der Waals surface area contributed by atoms with E-state index in [-0.39, 0.29) is 0 Å². The van der Waals surface area contributed by atoms with E-state index in [1.165, 1.54) is 0 Å². The van der Waals surface area contributed by atoms with Gasteiger partial charge in [-0.2, -0.15) is 0 Å².